The van der Waals surface area contributed by atoms with Crippen LogP contribution in [0.4, 0.5) is 5.13 Å². The Labute approximate surface area is 138 Å². The number of carbonyl (C=O) groups excluding carboxylic acids is 1. The molecule has 1 amide bonds. The average molecular weight is 331 g/mol. The number of allylic oxidation sites excluding steroid dienone is 2. The van der Waals surface area contributed by atoms with E-state index < -0.39 is 0 Å². The topological polar surface area (TPSA) is 54.9 Å². The molecule has 1 atom stereocenters. The first kappa shape index (κ1) is 15.2. The second-order valence-corrected chi connectivity index (χ2v) is 7.32. The zero-order valence-corrected chi connectivity index (χ0v) is 13.7. The molecule has 0 bridgehead atoms. The molecular formula is C16H17N3OS2. The predicted molar refractivity (Wildman–Crippen MR) is 91.0 cm³/mol. The van der Waals surface area contributed by atoms with Crippen molar-refractivity contribution in [3.63, 3.8) is 0 Å². The summed E-state index contributed by atoms with van der Waals surface area (Å²) in [6.07, 6.45) is 6.92. The normalized spacial score (nSPS) is 17.4. The van der Waals surface area contributed by atoms with Crippen molar-refractivity contribution >= 4 is 34.1 Å². The number of anilines is 1. The molecule has 4 nitrogen and oxygen atoms in total. The lowest BCUT2D eigenvalue weighted by Gasteiger charge is -2.15. The third-order valence-electron chi connectivity index (χ3n) is 3.48. The Kier molecular flexibility index (Phi) is 5.24. The number of aromatic nitrogens is 2. The molecule has 1 aromatic carbocycles. The maximum absolute atomic E-state index is 12.1. The molecule has 22 heavy (non-hydrogen) atoms. The highest BCUT2D eigenvalue weighted by Crippen LogP contribution is 2.29. The quantitative estimate of drug-likeness (QED) is 0.508. The molecule has 0 radical (unpaired) electrons. The molecule has 0 fully saturated rings. The number of thioether (sulfide) groups is 1. The minimum absolute atomic E-state index is 0.0557. The van der Waals surface area contributed by atoms with Crippen LogP contribution >= 0.6 is 23.1 Å². The Morgan fingerprint density at radius 2 is 2.14 bits per heavy atom. The van der Waals surface area contributed by atoms with Crippen LogP contribution in [0.15, 0.2) is 46.8 Å². The maximum Gasteiger partial charge on any atom is 0.229 e. The molecule has 1 unspecified atom stereocenters. The molecule has 0 saturated heterocycles. The number of hydrogen-bond donors (Lipinski definition) is 1. The highest BCUT2D eigenvalue weighted by atomic mass is 32.2. The number of hydrogen-bond acceptors (Lipinski definition) is 5. The zero-order chi connectivity index (χ0) is 15.2. The molecule has 1 heterocycles. The van der Waals surface area contributed by atoms with Crippen LogP contribution in [-0.2, 0) is 10.5 Å². The Hall–Kier alpha value is -1.66. The summed E-state index contributed by atoms with van der Waals surface area (Å²) in [5.74, 6) is 0.978. The van der Waals surface area contributed by atoms with Gasteiger partial charge in [0.25, 0.3) is 0 Å². The van der Waals surface area contributed by atoms with E-state index >= 15 is 0 Å². The van der Waals surface area contributed by atoms with E-state index in [0.29, 0.717) is 5.13 Å². The van der Waals surface area contributed by atoms with Gasteiger partial charge in [-0.2, -0.15) is 0 Å². The summed E-state index contributed by atoms with van der Waals surface area (Å²) in [5, 5.41) is 11.7. The van der Waals surface area contributed by atoms with Gasteiger partial charge in [0.15, 0.2) is 4.34 Å². The maximum atomic E-state index is 12.1. The Balaban J connectivity index is 1.52. The van der Waals surface area contributed by atoms with Crippen molar-refractivity contribution in [2.45, 2.75) is 29.4 Å². The van der Waals surface area contributed by atoms with E-state index in [1.807, 2.05) is 18.2 Å². The Morgan fingerprint density at radius 3 is 2.91 bits per heavy atom. The minimum Gasteiger partial charge on any atom is -0.300 e. The lowest BCUT2D eigenvalue weighted by atomic mass is 9.94. The molecule has 3 rings (SSSR count). The largest absolute Gasteiger partial charge is 0.300 e. The second kappa shape index (κ2) is 7.56. The number of carbonyl (C=O) groups is 1. The van der Waals surface area contributed by atoms with E-state index in [-0.39, 0.29) is 11.8 Å². The molecule has 6 heteroatoms. The van der Waals surface area contributed by atoms with Crippen LogP contribution in [0.3, 0.4) is 0 Å². The fourth-order valence-electron chi connectivity index (χ4n) is 2.28. The molecular weight excluding hydrogens is 314 g/mol. The van der Waals surface area contributed by atoms with Gasteiger partial charge in [-0.15, -0.1) is 10.2 Å². The van der Waals surface area contributed by atoms with Crippen LogP contribution in [0.2, 0.25) is 0 Å². The number of nitrogens with zero attached hydrogens (tertiary/aromatic N) is 2. The average Bonchev–Trinajstić information content (AvgIpc) is 3.02. The summed E-state index contributed by atoms with van der Waals surface area (Å²) in [4.78, 5) is 12.1. The summed E-state index contributed by atoms with van der Waals surface area (Å²) in [6.45, 7) is 0. The molecule has 1 aromatic heterocycles. The van der Waals surface area contributed by atoms with Crippen molar-refractivity contribution in [1.29, 1.82) is 0 Å². The number of amides is 1. The predicted octanol–water partition coefficient (Wildman–Crippen LogP) is 4.13. The fraction of sp³-hybridized carbons (Fsp3) is 0.312. The standard InChI is InChI=1S/C16H17N3OS2/c20-14(13-9-5-2-6-10-13)17-15-18-19-16(22-15)21-11-12-7-3-1-4-8-12/h1-5,7-8,13H,6,9-11H2,(H,17,18,20). The van der Waals surface area contributed by atoms with Crippen LogP contribution in [0.5, 0.6) is 0 Å². The smallest absolute Gasteiger partial charge is 0.229 e. The van der Waals surface area contributed by atoms with E-state index in [1.165, 1.54) is 16.9 Å². The summed E-state index contributed by atoms with van der Waals surface area (Å²) in [7, 11) is 0. The molecule has 114 valence electrons. The highest BCUT2D eigenvalue weighted by molar-refractivity contribution is 8.00. The summed E-state index contributed by atoms with van der Waals surface area (Å²) >= 11 is 3.07. The lowest BCUT2D eigenvalue weighted by molar-refractivity contribution is -0.120. The summed E-state index contributed by atoms with van der Waals surface area (Å²) in [6, 6.07) is 10.2. The Morgan fingerprint density at radius 1 is 1.27 bits per heavy atom. The summed E-state index contributed by atoms with van der Waals surface area (Å²) in [5.41, 5.74) is 1.25. The van der Waals surface area contributed by atoms with Gasteiger partial charge < -0.3 is 5.32 Å². The SMILES string of the molecule is O=C(Nc1nnc(SCc2ccccc2)s1)C1CC=CCC1. The van der Waals surface area contributed by atoms with E-state index in [2.05, 4.69) is 39.8 Å². The van der Waals surface area contributed by atoms with Crippen molar-refractivity contribution in [1.82, 2.24) is 10.2 Å². The van der Waals surface area contributed by atoms with Crippen molar-refractivity contribution in [3.8, 4) is 0 Å². The third-order valence-corrected chi connectivity index (χ3v) is 5.52. The van der Waals surface area contributed by atoms with E-state index in [9.17, 15) is 4.79 Å². The lowest BCUT2D eigenvalue weighted by Crippen LogP contribution is -2.23. The first-order valence-electron chi connectivity index (χ1n) is 7.27. The van der Waals surface area contributed by atoms with Gasteiger partial charge in [0.05, 0.1) is 0 Å². The number of nitrogens with one attached hydrogen (secondary N) is 1. The van der Waals surface area contributed by atoms with Gasteiger partial charge in [0.1, 0.15) is 0 Å². The van der Waals surface area contributed by atoms with Crippen molar-refractivity contribution in [2.75, 3.05) is 5.32 Å². The monoisotopic (exact) mass is 331 g/mol. The van der Waals surface area contributed by atoms with Crippen LogP contribution < -0.4 is 5.32 Å². The molecule has 0 spiro atoms. The Bertz CT molecular complexity index is 654. The molecule has 1 aliphatic rings. The molecule has 1 aliphatic carbocycles. The van der Waals surface area contributed by atoms with Gasteiger partial charge >= 0.3 is 0 Å². The van der Waals surface area contributed by atoms with E-state index in [4.69, 9.17) is 0 Å². The van der Waals surface area contributed by atoms with Crippen LogP contribution in [0, 0.1) is 5.92 Å². The van der Waals surface area contributed by atoms with Gasteiger partial charge in [-0.3, -0.25) is 4.79 Å². The molecule has 1 N–H and O–H groups in total. The third kappa shape index (κ3) is 4.18. The van der Waals surface area contributed by atoms with Crippen molar-refractivity contribution < 1.29 is 4.79 Å². The van der Waals surface area contributed by atoms with Crippen molar-refractivity contribution in [2.24, 2.45) is 5.92 Å². The first-order chi connectivity index (χ1) is 10.8. The van der Waals surface area contributed by atoms with Gasteiger partial charge in [-0.1, -0.05) is 65.6 Å². The number of rotatable bonds is 5. The van der Waals surface area contributed by atoms with Crippen LogP contribution in [0.1, 0.15) is 24.8 Å². The first-order valence-corrected chi connectivity index (χ1v) is 9.07. The zero-order valence-electron chi connectivity index (χ0n) is 12.1. The number of benzene rings is 1. The minimum atomic E-state index is 0.0557. The van der Waals surface area contributed by atoms with E-state index in [0.717, 1.165) is 29.4 Å². The molecule has 2 aromatic rings. The highest BCUT2D eigenvalue weighted by Gasteiger charge is 2.20. The molecule has 0 saturated carbocycles. The van der Waals surface area contributed by atoms with Gasteiger partial charge in [0.2, 0.25) is 11.0 Å². The van der Waals surface area contributed by atoms with E-state index in [1.54, 1.807) is 11.8 Å². The summed E-state index contributed by atoms with van der Waals surface area (Å²) < 4.78 is 0.877. The van der Waals surface area contributed by atoms with Gasteiger partial charge in [-0.25, -0.2) is 0 Å². The fourth-order valence-corrected chi connectivity index (χ4v) is 3.99. The van der Waals surface area contributed by atoms with Gasteiger partial charge in [0, 0.05) is 11.7 Å². The van der Waals surface area contributed by atoms with Crippen LogP contribution in [0.25, 0.3) is 0 Å². The second-order valence-electron chi connectivity index (χ2n) is 5.12. The van der Waals surface area contributed by atoms with Crippen LogP contribution in [-0.4, -0.2) is 16.1 Å². The van der Waals surface area contributed by atoms with Crippen molar-refractivity contribution in [3.05, 3.63) is 48.0 Å². The molecule has 0 aliphatic heterocycles. The van der Waals surface area contributed by atoms with Gasteiger partial charge in [-0.05, 0) is 24.8 Å².